The van der Waals surface area contributed by atoms with Gasteiger partial charge in [0.2, 0.25) is 0 Å². The van der Waals surface area contributed by atoms with Crippen molar-refractivity contribution in [2.24, 2.45) is 0 Å². The summed E-state index contributed by atoms with van der Waals surface area (Å²) in [5.74, 6) is -0.258. The molecule has 1 saturated carbocycles. The number of nitrogens with one attached hydrogen (secondary N) is 1. The summed E-state index contributed by atoms with van der Waals surface area (Å²) in [5, 5.41) is 3.20. The van der Waals surface area contributed by atoms with Crippen LogP contribution in [0.3, 0.4) is 0 Å². The molecule has 138 valence electrons. The van der Waals surface area contributed by atoms with Crippen molar-refractivity contribution >= 4 is 23.1 Å². The number of halogens is 1. The van der Waals surface area contributed by atoms with E-state index in [-0.39, 0.29) is 17.3 Å². The van der Waals surface area contributed by atoms with Crippen LogP contribution in [0.25, 0.3) is 0 Å². The summed E-state index contributed by atoms with van der Waals surface area (Å²) < 4.78 is 17.3. The van der Waals surface area contributed by atoms with E-state index in [2.05, 4.69) is 19.5 Å². The molecule has 2 fully saturated rings. The van der Waals surface area contributed by atoms with Crippen molar-refractivity contribution in [3.63, 3.8) is 0 Å². The third-order valence-electron chi connectivity index (χ3n) is 5.18. The quantitative estimate of drug-likeness (QED) is 0.874. The molecule has 1 N–H and O–H groups in total. The third-order valence-corrected chi connectivity index (χ3v) is 5.88. The van der Waals surface area contributed by atoms with E-state index in [1.165, 1.54) is 23.7 Å². The number of piperazine rings is 1. The van der Waals surface area contributed by atoms with E-state index in [0.29, 0.717) is 5.69 Å². The lowest BCUT2D eigenvalue weighted by Crippen LogP contribution is -2.52. The number of anilines is 1. The second kappa shape index (κ2) is 6.96. The number of aryl methyl sites for hydroxylation is 1. The second-order valence-corrected chi connectivity index (χ2v) is 8.31. The van der Waals surface area contributed by atoms with Crippen LogP contribution in [-0.4, -0.2) is 53.4 Å². The maximum atomic E-state index is 13.1. The first-order valence-corrected chi connectivity index (χ1v) is 9.79. The number of hydrogen-bond acceptors (Lipinski definition) is 5. The average molecular weight is 374 g/mol. The standard InChI is InChI=1S/C19H23FN4OS/c1-14-12-17(22-26-14)18(25)21-19(6-7-19)13-23-8-10-24(11-9-23)16-4-2-15(20)3-5-16/h2-5,12H,6-11,13H2,1H3,(H,21,25). The summed E-state index contributed by atoms with van der Waals surface area (Å²) in [5.41, 5.74) is 1.51. The van der Waals surface area contributed by atoms with Gasteiger partial charge < -0.3 is 10.2 Å². The summed E-state index contributed by atoms with van der Waals surface area (Å²) in [6.45, 7) is 6.58. The Morgan fingerprint density at radius 1 is 1.23 bits per heavy atom. The highest BCUT2D eigenvalue weighted by Crippen LogP contribution is 2.37. The summed E-state index contributed by atoms with van der Waals surface area (Å²) in [6, 6.07) is 8.54. The Labute approximate surface area is 157 Å². The smallest absolute Gasteiger partial charge is 0.271 e. The molecule has 1 aromatic carbocycles. The van der Waals surface area contributed by atoms with Gasteiger partial charge in [0.05, 0.1) is 5.54 Å². The van der Waals surface area contributed by atoms with Crippen LogP contribution in [0.2, 0.25) is 0 Å². The van der Waals surface area contributed by atoms with E-state index in [1.54, 1.807) is 0 Å². The normalized spacial score (nSPS) is 19.4. The van der Waals surface area contributed by atoms with Crippen LogP contribution in [-0.2, 0) is 0 Å². The molecule has 1 saturated heterocycles. The zero-order valence-electron chi connectivity index (χ0n) is 14.9. The molecule has 1 aromatic heterocycles. The van der Waals surface area contributed by atoms with Crippen LogP contribution < -0.4 is 10.2 Å². The van der Waals surface area contributed by atoms with Gasteiger partial charge in [0.25, 0.3) is 5.91 Å². The van der Waals surface area contributed by atoms with Crippen molar-refractivity contribution in [3.8, 4) is 0 Å². The number of rotatable bonds is 5. The van der Waals surface area contributed by atoms with Crippen LogP contribution in [0.5, 0.6) is 0 Å². The first-order chi connectivity index (χ1) is 12.5. The minimum atomic E-state index is -0.200. The van der Waals surface area contributed by atoms with Crippen molar-refractivity contribution in [3.05, 3.63) is 46.7 Å². The molecule has 1 aliphatic heterocycles. The van der Waals surface area contributed by atoms with Crippen LogP contribution in [0, 0.1) is 12.7 Å². The van der Waals surface area contributed by atoms with Crippen molar-refractivity contribution < 1.29 is 9.18 Å². The topological polar surface area (TPSA) is 48.5 Å². The largest absolute Gasteiger partial charge is 0.369 e. The van der Waals surface area contributed by atoms with E-state index in [4.69, 9.17) is 0 Å². The zero-order valence-corrected chi connectivity index (χ0v) is 15.7. The van der Waals surface area contributed by atoms with Crippen molar-refractivity contribution in [2.75, 3.05) is 37.6 Å². The predicted octanol–water partition coefficient (Wildman–Crippen LogP) is 2.68. The SMILES string of the molecule is Cc1cc(C(=O)NC2(CN3CCN(c4ccc(F)cc4)CC3)CC2)ns1. The van der Waals surface area contributed by atoms with Crippen LogP contribution in [0.4, 0.5) is 10.1 Å². The van der Waals surface area contributed by atoms with E-state index in [9.17, 15) is 9.18 Å². The second-order valence-electron chi connectivity index (χ2n) is 7.30. The van der Waals surface area contributed by atoms with E-state index in [1.807, 2.05) is 25.1 Å². The number of aromatic nitrogens is 1. The number of hydrogen-bond donors (Lipinski definition) is 1. The van der Waals surface area contributed by atoms with Gasteiger partial charge in [-0.15, -0.1) is 0 Å². The summed E-state index contributed by atoms with van der Waals surface area (Å²) in [6.07, 6.45) is 2.06. The molecule has 2 aromatic rings. The summed E-state index contributed by atoms with van der Waals surface area (Å²) >= 11 is 1.36. The highest BCUT2D eigenvalue weighted by molar-refractivity contribution is 7.05. The van der Waals surface area contributed by atoms with Crippen LogP contribution in [0.1, 0.15) is 28.2 Å². The van der Waals surface area contributed by atoms with Gasteiger partial charge in [0, 0.05) is 43.3 Å². The van der Waals surface area contributed by atoms with Crippen LogP contribution >= 0.6 is 11.5 Å². The van der Waals surface area contributed by atoms with Gasteiger partial charge in [0.15, 0.2) is 0 Å². The van der Waals surface area contributed by atoms with Crippen molar-refractivity contribution in [1.29, 1.82) is 0 Å². The molecular weight excluding hydrogens is 351 g/mol. The fourth-order valence-electron chi connectivity index (χ4n) is 3.50. The minimum Gasteiger partial charge on any atom is -0.369 e. The van der Waals surface area contributed by atoms with Gasteiger partial charge in [-0.1, -0.05) is 0 Å². The Balaban J connectivity index is 1.30. The number of nitrogens with zero attached hydrogens (tertiary/aromatic N) is 3. The lowest BCUT2D eigenvalue weighted by molar-refractivity contribution is 0.0911. The fourth-order valence-corrected chi connectivity index (χ4v) is 4.04. The number of carbonyl (C=O) groups excluding carboxylic acids is 1. The molecule has 0 radical (unpaired) electrons. The highest BCUT2D eigenvalue weighted by Gasteiger charge is 2.45. The van der Waals surface area contributed by atoms with Crippen molar-refractivity contribution in [2.45, 2.75) is 25.3 Å². The summed E-state index contributed by atoms with van der Waals surface area (Å²) in [7, 11) is 0. The molecule has 26 heavy (non-hydrogen) atoms. The maximum absolute atomic E-state index is 13.1. The first kappa shape index (κ1) is 17.4. The molecule has 2 aliphatic rings. The van der Waals surface area contributed by atoms with Gasteiger partial charge >= 0.3 is 0 Å². The molecule has 7 heteroatoms. The van der Waals surface area contributed by atoms with Gasteiger partial charge in [0.1, 0.15) is 11.5 Å². The molecule has 4 rings (SSSR count). The lowest BCUT2D eigenvalue weighted by Gasteiger charge is -2.37. The molecule has 0 spiro atoms. The van der Waals surface area contributed by atoms with Crippen molar-refractivity contribution in [1.82, 2.24) is 14.6 Å². The molecule has 0 atom stereocenters. The van der Waals surface area contributed by atoms with Gasteiger partial charge in [-0.25, -0.2) is 4.39 Å². The molecule has 0 bridgehead atoms. The molecule has 0 unspecified atom stereocenters. The first-order valence-electron chi connectivity index (χ1n) is 9.02. The molecular formula is C19H23FN4OS. The highest BCUT2D eigenvalue weighted by atomic mass is 32.1. The average Bonchev–Trinajstić information content (AvgIpc) is 3.23. The Hall–Kier alpha value is -1.99. The molecule has 1 aliphatic carbocycles. The molecule has 5 nitrogen and oxygen atoms in total. The minimum absolute atomic E-state index is 0.0585. The predicted molar refractivity (Wildman–Crippen MR) is 101 cm³/mol. The molecule has 2 heterocycles. The molecule has 1 amide bonds. The number of benzene rings is 1. The van der Waals surface area contributed by atoms with E-state index >= 15 is 0 Å². The third kappa shape index (κ3) is 3.88. The Morgan fingerprint density at radius 3 is 2.50 bits per heavy atom. The van der Waals surface area contributed by atoms with Gasteiger partial charge in [-0.2, -0.15) is 4.37 Å². The zero-order chi connectivity index (χ0) is 18.1. The monoisotopic (exact) mass is 374 g/mol. The summed E-state index contributed by atoms with van der Waals surface area (Å²) in [4.78, 5) is 18.1. The lowest BCUT2D eigenvalue weighted by atomic mass is 10.2. The van der Waals surface area contributed by atoms with E-state index < -0.39 is 0 Å². The number of amides is 1. The van der Waals surface area contributed by atoms with Gasteiger partial charge in [-0.05, 0) is 61.6 Å². The van der Waals surface area contributed by atoms with Gasteiger partial charge in [-0.3, -0.25) is 9.69 Å². The van der Waals surface area contributed by atoms with E-state index in [0.717, 1.165) is 56.1 Å². The Bertz CT molecular complexity index is 779. The maximum Gasteiger partial charge on any atom is 0.271 e. The van der Waals surface area contributed by atoms with Crippen LogP contribution in [0.15, 0.2) is 30.3 Å². The Morgan fingerprint density at radius 2 is 1.92 bits per heavy atom. The fraction of sp³-hybridized carbons (Fsp3) is 0.474. The number of carbonyl (C=O) groups is 1. The Kier molecular flexibility index (Phi) is 4.67.